The lowest BCUT2D eigenvalue weighted by Crippen LogP contribution is -2.26. The molecule has 1 unspecified atom stereocenters. The first kappa shape index (κ1) is 25.1. The van der Waals surface area contributed by atoms with Gasteiger partial charge in [-0.1, -0.05) is 66.7 Å². The first-order chi connectivity index (χ1) is 15.3. The van der Waals surface area contributed by atoms with Crippen molar-refractivity contribution in [3.05, 3.63) is 100 Å². The second-order valence-corrected chi connectivity index (χ2v) is 7.67. The van der Waals surface area contributed by atoms with Crippen molar-refractivity contribution in [1.29, 1.82) is 0 Å². The van der Waals surface area contributed by atoms with E-state index in [-0.39, 0.29) is 5.78 Å². The predicted octanol–water partition coefficient (Wildman–Crippen LogP) is 5.42. The molecule has 3 rings (SSSR count). The highest BCUT2D eigenvalue weighted by Crippen LogP contribution is 2.34. The minimum Gasteiger partial charge on any atom is -0.384 e. The molecule has 5 nitrogen and oxygen atoms in total. The highest BCUT2D eigenvalue weighted by Gasteiger charge is 2.28. The summed E-state index contributed by atoms with van der Waals surface area (Å²) in [6.45, 7) is 7.07. The van der Waals surface area contributed by atoms with Crippen molar-refractivity contribution in [2.24, 2.45) is 0 Å². The Labute approximate surface area is 191 Å². The number of aliphatic hydroxyl groups excluding tert-OH is 1. The van der Waals surface area contributed by atoms with Crippen molar-refractivity contribution in [2.45, 2.75) is 39.7 Å². The first-order valence-electron chi connectivity index (χ1n) is 10.3. The third-order valence-electron chi connectivity index (χ3n) is 5.37. The Morgan fingerprint density at radius 1 is 0.844 bits per heavy atom. The van der Waals surface area contributed by atoms with E-state index in [0.29, 0.717) is 16.8 Å². The van der Waals surface area contributed by atoms with Gasteiger partial charge in [-0.25, -0.2) is 0 Å². The summed E-state index contributed by atoms with van der Waals surface area (Å²) < 4.78 is 8.06. The summed E-state index contributed by atoms with van der Waals surface area (Å²) in [4.78, 5) is 26.0. The van der Waals surface area contributed by atoms with Gasteiger partial charge in [-0.2, -0.15) is 0 Å². The number of aliphatic hydroxyl groups is 1. The van der Waals surface area contributed by atoms with Crippen molar-refractivity contribution in [3.63, 3.8) is 0 Å². The number of aryl methyl sites for hydroxylation is 2. The van der Waals surface area contributed by atoms with E-state index in [2.05, 4.69) is 5.32 Å². The quantitative estimate of drug-likeness (QED) is 0.389. The number of ketones is 1. The number of carbonyl (C=O) groups excluding carboxylic acids is 2. The van der Waals surface area contributed by atoms with Gasteiger partial charge >= 0.3 is 0 Å². The maximum absolute atomic E-state index is 13.9. The maximum atomic E-state index is 13.9. The lowest BCUT2D eigenvalue weighted by molar-refractivity contribution is -0.123. The van der Waals surface area contributed by atoms with Crippen LogP contribution >= 0.6 is 9.12 Å². The summed E-state index contributed by atoms with van der Waals surface area (Å²) in [5.41, 5.74) is 5.44. The lowest BCUT2D eigenvalue weighted by atomic mass is 9.81. The molecule has 0 saturated carbocycles. The molecule has 3 aromatic carbocycles. The van der Waals surface area contributed by atoms with Crippen LogP contribution < -0.4 is 5.32 Å². The standard InChI is InChI=1S/C26H27NO3.HOP/c1-16-15-17(2)24(27-26(30)19(4)28)18(3)22(16)25(29)23(20-11-7-5-8-12-20)21-13-9-6-10-14-21;1-2/h5-15,19,23,28H,1-4H3,(H,27,30);2H. The zero-order chi connectivity index (χ0) is 23.8. The molecule has 0 aliphatic carbocycles. The molecule has 1 amide bonds. The van der Waals surface area contributed by atoms with E-state index in [0.717, 1.165) is 22.3 Å². The molecule has 0 aliphatic heterocycles. The van der Waals surface area contributed by atoms with Crippen LogP contribution in [0.25, 0.3) is 0 Å². The monoisotopic (exact) mass is 449 g/mol. The Morgan fingerprint density at radius 2 is 1.31 bits per heavy atom. The normalized spacial score (nSPS) is 11.3. The van der Waals surface area contributed by atoms with Crippen molar-refractivity contribution in [3.8, 4) is 0 Å². The van der Waals surface area contributed by atoms with Gasteiger partial charge in [-0.15, -0.1) is 0 Å². The van der Waals surface area contributed by atoms with Crippen LogP contribution in [0.4, 0.5) is 5.69 Å². The fourth-order valence-corrected chi connectivity index (χ4v) is 3.92. The van der Waals surface area contributed by atoms with E-state index in [1.54, 1.807) is 9.12 Å². The fourth-order valence-electron chi connectivity index (χ4n) is 3.92. The van der Waals surface area contributed by atoms with Gasteiger partial charge < -0.3 is 10.4 Å². The molecule has 0 radical (unpaired) electrons. The van der Waals surface area contributed by atoms with Crippen molar-refractivity contribution in [1.82, 2.24) is 0 Å². The molecule has 0 bridgehead atoms. The third-order valence-corrected chi connectivity index (χ3v) is 5.37. The summed E-state index contributed by atoms with van der Waals surface area (Å²) in [6, 6.07) is 21.4. The van der Waals surface area contributed by atoms with Crippen molar-refractivity contribution < 1.29 is 19.3 Å². The predicted molar refractivity (Wildman–Crippen MR) is 129 cm³/mol. The Kier molecular flexibility index (Phi) is 9.01. The highest BCUT2D eigenvalue weighted by molar-refractivity contribution is 7.00. The minimum absolute atomic E-state index is 0.0186. The van der Waals surface area contributed by atoms with E-state index in [4.69, 9.17) is 4.57 Å². The molecule has 0 aliphatic rings. The highest BCUT2D eigenvalue weighted by atomic mass is 31.0. The van der Waals surface area contributed by atoms with E-state index in [1.807, 2.05) is 87.5 Å². The molecule has 0 heterocycles. The summed E-state index contributed by atoms with van der Waals surface area (Å²) in [6.07, 6.45) is -1.13. The molecule has 0 fully saturated rings. The Hall–Kier alpha value is -3.14. The van der Waals surface area contributed by atoms with Crippen LogP contribution in [0.2, 0.25) is 0 Å². The van der Waals surface area contributed by atoms with Crippen LogP contribution in [-0.2, 0) is 9.36 Å². The minimum atomic E-state index is -1.13. The van der Waals surface area contributed by atoms with Crippen LogP contribution in [0, 0.1) is 20.8 Å². The number of anilines is 1. The number of hydrogen-bond acceptors (Lipinski definition) is 4. The average molecular weight is 449 g/mol. The molecule has 0 spiro atoms. The van der Waals surface area contributed by atoms with Gasteiger partial charge in [-0.3, -0.25) is 14.2 Å². The van der Waals surface area contributed by atoms with Gasteiger partial charge in [0.2, 0.25) is 0 Å². The number of hydrogen-bond donors (Lipinski definition) is 2. The number of benzene rings is 3. The van der Waals surface area contributed by atoms with Gasteiger partial charge in [0, 0.05) is 11.3 Å². The van der Waals surface area contributed by atoms with E-state index < -0.39 is 17.9 Å². The summed E-state index contributed by atoms with van der Waals surface area (Å²) in [5.74, 6) is -0.964. The van der Waals surface area contributed by atoms with Crippen molar-refractivity contribution >= 4 is 26.5 Å². The number of amides is 1. The van der Waals surface area contributed by atoms with Gasteiger partial charge in [0.1, 0.15) is 15.2 Å². The third kappa shape index (κ3) is 5.56. The Bertz CT molecular complexity index is 1040. The SMILES string of the molecule is Cc1cc(C)c(C(=O)C(c2ccccc2)c2ccccc2)c(C)c1NC(=O)C(C)O.O=P. The van der Waals surface area contributed by atoms with Gasteiger partial charge in [0.05, 0.1) is 5.92 Å². The van der Waals surface area contributed by atoms with E-state index >= 15 is 0 Å². The molecule has 2 N–H and O–H groups in total. The molecule has 6 heteroatoms. The Morgan fingerprint density at radius 3 is 1.75 bits per heavy atom. The average Bonchev–Trinajstić information content (AvgIpc) is 2.79. The molecular weight excluding hydrogens is 421 g/mol. The van der Waals surface area contributed by atoms with E-state index in [1.165, 1.54) is 6.92 Å². The molecule has 0 aromatic heterocycles. The second-order valence-electron chi connectivity index (χ2n) is 7.67. The van der Waals surface area contributed by atoms with Crippen LogP contribution in [0.15, 0.2) is 66.7 Å². The second kappa shape index (κ2) is 11.5. The van der Waals surface area contributed by atoms with Crippen LogP contribution in [0.1, 0.15) is 51.0 Å². The molecular formula is C26H28NO4P. The molecule has 3 aromatic rings. The van der Waals surface area contributed by atoms with Crippen molar-refractivity contribution in [2.75, 3.05) is 5.32 Å². The lowest BCUT2D eigenvalue weighted by Gasteiger charge is -2.22. The number of nitrogens with one attached hydrogen (secondary N) is 1. The molecule has 32 heavy (non-hydrogen) atoms. The van der Waals surface area contributed by atoms with E-state index in [9.17, 15) is 14.7 Å². The van der Waals surface area contributed by atoms with Crippen LogP contribution in [-0.4, -0.2) is 22.9 Å². The van der Waals surface area contributed by atoms with Gasteiger partial charge in [0.15, 0.2) is 5.78 Å². The number of rotatable bonds is 6. The van der Waals surface area contributed by atoms with Gasteiger partial charge in [0.25, 0.3) is 5.91 Å². The molecule has 166 valence electrons. The van der Waals surface area contributed by atoms with Crippen LogP contribution in [0.5, 0.6) is 0 Å². The summed E-state index contributed by atoms with van der Waals surface area (Å²) in [5, 5.41) is 12.4. The largest absolute Gasteiger partial charge is 0.384 e. The smallest absolute Gasteiger partial charge is 0.252 e. The number of Topliss-reactive ketones (excluding diaryl/α,β-unsaturated/α-hetero) is 1. The zero-order valence-corrected chi connectivity index (χ0v) is 19.7. The number of carbonyl (C=O) groups is 2. The topological polar surface area (TPSA) is 83.5 Å². The first-order valence-corrected chi connectivity index (χ1v) is 10.7. The molecule has 1 atom stereocenters. The molecule has 0 saturated heterocycles. The Balaban J connectivity index is 0.00000176. The summed E-state index contributed by atoms with van der Waals surface area (Å²) in [7, 11) is 1.72. The fraction of sp³-hybridized carbons (Fsp3) is 0.231. The maximum Gasteiger partial charge on any atom is 0.252 e. The van der Waals surface area contributed by atoms with Gasteiger partial charge in [-0.05, 0) is 55.5 Å². The van der Waals surface area contributed by atoms with Crippen LogP contribution in [0.3, 0.4) is 0 Å². The zero-order valence-electron chi connectivity index (χ0n) is 18.7. The summed E-state index contributed by atoms with van der Waals surface area (Å²) >= 11 is 0.